The van der Waals surface area contributed by atoms with E-state index in [1.54, 1.807) is 42.4 Å². The van der Waals surface area contributed by atoms with Crippen molar-refractivity contribution in [2.24, 2.45) is 7.05 Å². The molecule has 0 aliphatic rings. The first-order valence-electron chi connectivity index (χ1n) is 11.4. The quantitative estimate of drug-likeness (QED) is 0.346. The number of anilines is 1. The summed E-state index contributed by atoms with van der Waals surface area (Å²) in [6.45, 7) is 2.20. The number of pyridine rings is 2. The molecule has 180 valence electrons. The van der Waals surface area contributed by atoms with Gasteiger partial charge in [-0.2, -0.15) is 5.10 Å². The zero-order chi connectivity index (χ0) is 25.1. The van der Waals surface area contributed by atoms with Gasteiger partial charge in [0.15, 0.2) is 17.1 Å². The van der Waals surface area contributed by atoms with Gasteiger partial charge in [-0.1, -0.05) is 36.4 Å². The van der Waals surface area contributed by atoms with Gasteiger partial charge in [-0.3, -0.25) is 14.5 Å². The van der Waals surface area contributed by atoms with Crippen molar-refractivity contribution in [1.29, 1.82) is 0 Å². The van der Waals surface area contributed by atoms with E-state index >= 15 is 0 Å². The standard InChI is InChI=1S/C28H25N5O3/c1-18-26-22(15-23(20-9-5-4-6-10-20)31-27(26)33(2)32-18)28(34)30-21-11-12-24(35-3)25(14-21)36-17-19-8-7-13-29-16-19/h4-16H,17H2,1-3H3,(H,30,34). The summed E-state index contributed by atoms with van der Waals surface area (Å²) in [6, 6.07) is 20.7. The summed E-state index contributed by atoms with van der Waals surface area (Å²) in [5.41, 5.74) is 5.00. The molecule has 0 spiro atoms. The van der Waals surface area contributed by atoms with Crippen LogP contribution in [0.3, 0.4) is 0 Å². The summed E-state index contributed by atoms with van der Waals surface area (Å²) in [4.78, 5) is 22.5. The maximum absolute atomic E-state index is 13.6. The summed E-state index contributed by atoms with van der Waals surface area (Å²) in [5.74, 6) is 0.818. The van der Waals surface area contributed by atoms with Gasteiger partial charge in [0.2, 0.25) is 0 Å². The zero-order valence-electron chi connectivity index (χ0n) is 20.2. The van der Waals surface area contributed by atoms with Gasteiger partial charge >= 0.3 is 0 Å². The van der Waals surface area contributed by atoms with E-state index in [2.05, 4.69) is 15.4 Å². The Morgan fingerprint density at radius 1 is 1.03 bits per heavy atom. The highest BCUT2D eigenvalue weighted by Crippen LogP contribution is 2.32. The van der Waals surface area contributed by atoms with Gasteiger partial charge < -0.3 is 14.8 Å². The molecule has 0 saturated heterocycles. The molecule has 0 bridgehead atoms. The van der Waals surface area contributed by atoms with Gasteiger partial charge in [0.05, 0.1) is 29.4 Å². The number of carbonyl (C=O) groups is 1. The van der Waals surface area contributed by atoms with Crippen molar-refractivity contribution in [2.75, 3.05) is 12.4 Å². The average Bonchev–Trinajstić information content (AvgIpc) is 3.21. The Hall–Kier alpha value is -4.72. The third kappa shape index (κ3) is 4.61. The van der Waals surface area contributed by atoms with Gasteiger partial charge in [0.25, 0.3) is 5.91 Å². The van der Waals surface area contributed by atoms with E-state index in [4.69, 9.17) is 14.5 Å². The van der Waals surface area contributed by atoms with E-state index in [1.807, 2.05) is 62.5 Å². The molecule has 36 heavy (non-hydrogen) atoms. The van der Waals surface area contributed by atoms with Gasteiger partial charge in [0.1, 0.15) is 6.61 Å². The van der Waals surface area contributed by atoms with Crippen LogP contribution in [0.25, 0.3) is 22.3 Å². The fourth-order valence-corrected chi connectivity index (χ4v) is 4.09. The van der Waals surface area contributed by atoms with Gasteiger partial charge in [0, 0.05) is 42.3 Å². The number of hydrogen-bond acceptors (Lipinski definition) is 6. The van der Waals surface area contributed by atoms with Crippen LogP contribution in [0.15, 0.2) is 79.1 Å². The molecular formula is C28H25N5O3. The van der Waals surface area contributed by atoms with Crippen molar-refractivity contribution in [3.63, 3.8) is 0 Å². The van der Waals surface area contributed by atoms with Crippen LogP contribution in [0.5, 0.6) is 11.5 Å². The smallest absolute Gasteiger partial charge is 0.256 e. The first-order valence-corrected chi connectivity index (χ1v) is 11.4. The Balaban J connectivity index is 1.48. The van der Waals surface area contributed by atoms with Crippen LogP contribution in [-0.2, 0) is 13.7 Å². The third-order valence-electron chi connectivity index (χ3n) is 5.82. The minimum absolute atomic E-state index is 0.265. The number of nitrogens with one attached hydrogen (secondary N) is 1. The minimum atomic E-state index is -0.265. The number of rotatable bonds is 7. The molecule has 3 aromatic heterocycles. The van der Waals surface area contributed by atoms with Crippen LogP contribution >= 0.6 is 0 Å². The van der Waals surface area contributed by atoms with E-state index in [0.717, 1.165) is 22.2 Å². The van der Waals surface area contributed by atoms with Crippen LogP contribution < -0.4 is 14.8 Å². The lowest BCUT2D eigenvalue weighted by Gasteiger charge is -2.14. The fourth-order valence-electron chi connectivity index (χ4n) is 4.09. The number of ether oxygens (including phenoxy) is 2. The predicted molar refractivity (Wildman–Crippen MR) is 138 cm³/mol. The van der Waals surface area contributed by atoms with Crippen molar-refractivity contribution < 1.29 is 14.3 Å². The van der Waals surface area contributed by atoms with Crippen LogP contribution in [0, 0.1) is 6.92 Å². The van der Waals surface area contributed by atoms with Crippen LogP contribution in [0.4, 0.5) is 5.69 Å². The lowest BCUT2D eigenvalue weighted by Crippen LogP contribution is -2.13. The SMILES string of the molecule is COc1ccc(NC(=O)c2cc(-c3ccccc3)nc3c2c(C)nn3C)cc1OCc1cccnc1. The third-order valence-corrected chi connectivity index (χ3v) is 5.82. The highest BCUT2D eigenvalue weighted by molar-refractivity contribution is 6.13. The molecule has 0 fully saturated rings. The number of amides is 1. The Labute approximate surface area is 208 Å². The molecule has 1 amide bonds. The van der Waals surface area contributed by atoms with Crippen molar-refractivity contribution in [2.45, 2.75) is 13.5 Å². The molecule has 5 rings (SSSR count). The molecule has 0 aliphatic heterocycles. The maximum atomic E-state index is 13.6. The lowest BCUT2D eigenvalue weighted by atomic mass is 10.0. The first kappa shape index (κ1) is 23.0. The monoisotopic (exact) mass is 479 g/mol. The number of aryl methyl sites for hydroxylation is 2. The predicted octanol–water partition coefficient (Wildman–Crippen LogP) is 5.18. The fraction of sp³-hybridized carbons (Fsp3) is 0.143. The number of hydrogen-bond donors (Lipinski definition) is 1. The Morgan fingerprint density at radius 2 is 1.86 bits per heavy atom. The second-order valence-electron chi connectivity index (χ2n) is 8.30. The Bertz CT molecular complexity index is 1530. The van der Waals surface area contributed by atoms with Crippen molar-refractivity contribution >= 4 is 22.6 Å². The molecule has 0 aliphatic carbocycles. The van der Waals surface area contributed by atoms with Gasteiger partial charge in [-0.15, -0.1) is 0 Å². The minimum Gasteiger partial charge on any atom is -0.493 e. The Morgan fingerprint density at radius 3 is 2.61 bits per heavy atom. The van der Waals surface area contributed by atoms with Crippen LogP contribution in [-0.4, -0.2) is 32.8 Å². The van der Waals surface area contributed by atoms with Crippen molar-refractivity contribution in [3.05, 3.63) is 95.9 Å². The van der Waals surface area contributed by atoms with Gasteiger partial charge in [-0.25, -0.2) is 4.98 Å². The largest absolute Gasteiger partial charge is 0.493 e. The number of methoxy groups -OCH3 is 1. The van der Waals surface area contributed by atoms with Crippen LogP contribution in [0.1, 0.15) is 21.6 Å². The molecule has 8 heteroatoms. The van der Waals surface area contributed by atoms with Crippen molar-refractivity contribution in [3.8, 4) is 22.8 Å². The average molecular weight is 480 g/mol. The summed E-state index contributed by atoms with van der Waals surface area (Å²) >= 11 is 0. The molecule has 0 unspecified atom stereocenters. The molecule has 0 saturated carbocycles. The van der Waals surface area contributed by atoms with Crippen molar-refractivity contribution in [1.82, 2.24) is 19.7 Å². The summed E-state index contributed by atoms with van der Waals surface area (Å²) < 4.78 is 13.1. The summed E-state index contributed by atoms with van der Waals surface area (Å²) in [6.07, 6.45) is 3.46. The summed E-state index contributed by atoms with van der Waals surface area (Å²) in [7, 11) is 3.41. The molecule has 0 atom stereocenters. The second kappa shape index (κ2) is 9.87. The lowest BCUT2D eigenvalue weighted by molar-refractivity contribution is 0.102. The number of aromatic nitrogens is 4. The number of benzene rings is 2. The zero-order valence-corrected chi connectivity index (χ0v) is 20.2. The topological polar surface area (TPSA) is 91.2 Å². The molecule has 0 radical (unpaired) electrons. The summed E-state index contributed by atoms with van der Waals surface area (Å²) in [5, 5.41) is 8.22. The highest BCUT2D eigenvalue weighted by Gasteiger charge is 2.20. The molecule has 3 heterocycles. The number of nitrogens with zero attached hydrogens (tertiary/aromatic N) is 4. The number of fused-ring (bicyclic) bond motifs is 1. The molecular weight excluding hydrogens is 454 g/mol. The number of carbonyl (C=O) groups excluding carboxylic acids is 1. The highest BCUT2D eigenvalue weighted by atomic mass is 16.5. The molecule has 8 nitrogen and oxygen atoms in total. The van der Waals surface area contributed by atoms with E-state index in [9.17, 15) is 4.79 Å². The normalized spacial score (nSPS) is 10.9. The van der Waals surface area contributed by atoms with E-state index in [1.165, 1.54) is 0 Å². The molecule has 1 N–H and O–H groups in total. The van der Waals surface area contributed by atoms with E-state index in [-0.39, 0.29) is 5.91 Å². The Kier molecular flexibility index (Phi) is 6.32. The van der Waals surface area contributed by atoms with Crippen LogP contribution in [0.2, 0.25) is 0 Å². The molecule has 5 aromatic rings. The first-order chi connectivity index (χ1) is 17.5. The molecule has 2 aromatic carbocycles. The van der Waals surface area contributed by atoms with E-state index in [0.29, 0.717) is 40.7 Å². The van der Waals surface area contributed by atoms with Gasteiger partial charge in [-0.05, 0) is 31.2 Å². The maximum Gasteiger partial charge on any atom is 0.256 e. The van der Waals surface area contributed by atoms with E-state index < -0.39 is 0 Å². The second-order valence-corrected chi connectivity index (χ2v) is 8.30.